The molecule has 4 nitrogen and oxygen atoms in total. The van der Waals surface area contributed by atoms with Crippen LogP contribution in [0.1, 0.15) is 38.8 Å². The van der Waals surface area contributed by atoms with E-state index in [4.69, 9.17) is 14.3 Å². The van der Waals surface area contributed by atoms with Crippen LogP contribution in [0, 0.1) is 13.8 Å². The van der Waals surface area contributed by atoms with Crippen LogP contribution in [0.3, 0.4) is 0 Å². The molecule has 122 valence electrons. The number of hydrogen-bond acceptors (Lipinski definition) is 4. The standard InChI is InChI=1S/C18H27NO3/c1-8-9-10-21-16-11-13(2)17(14(3)12-16)22-18(5,6)15(4)19-20-7/h8-9,11-12H,10H2,1-7H3/b9-8+,19-15+. The van der Waals surface area contributed by atoms with E-state index in [0.717, 1.165) is 28.3 Å². The molecule has 0 aromatic heterocycles. The van der Waals surface area contributed by atoms with Gasteiger partial charge in [0.15, 0.2) is 0 Å². The normalized spacial score (nSPS) is 12.6. The molecular formula is C18H27NO3. The molecule has 0 radical (unpaired) electrons. The van der Waals surface area contributed by atoms with Gasteiger partial charge >= 0.3 is 0 Å². The van der Waals surface area contributed by atoms with Crippen LogP contribution in [0.15, 0.2) is 29.4 Å². The zero-order valence-corrected chi connectivity index (χ0v) is 14.7. The molecule has 4 heteroatoms. The van der Waals surface area contributed by atoms with E-state index in [1.54, 1.807) is 0 Å². The van der Waals surface area contributed by atoms with Crippen LogP contribution in [0.2, 0.25) is 0 Å². The van der Waals surface area contributed by atoms with Crippen molar-refractivity contribution in [3.63, 3.8) is 0 Å². The van der Waals surface area contributed by atoms with Gasteiger partial charge in [-0.05, 0) is 64.8 Å². The van der Waals surface area contributed by atoms with Crippen molar-refractivity contribution >= 4 is 5.71 Å². The summed E-state index contributed by atoms with van der Waals surface area (Å²) < 4.78 is 11.9. The first-order valence-electron chi connectivity index (χ1n) is 7.44. The minimum absolute atomic E-state index is 0.543. The van der Waals surface area contributed by atoms with Gasteiger partial charge in [0, 0.05) is 0 Å². The van der Waals surface area contributed by atoms with E-state index in [1.807, 2.05) is 65.8 Å². The highest BCUT2D eigenvalue weighted by atomic mass is 16.6. The Morgan fingerprint density at radius 1 is 1.23 bits per heavy atom. The molecule has 0 amide bonds. The number of allylic oxidation sites excluding steroid dienone is 1. The molecule has 1 rings (SSSR count). The summed E-state index contributed by atoms with van der Waals surface area (Å²) in [7, 11) is 1.53. The molecule has 0 fully saturated rings. The maximum absolute atomic E-state index is 6.18. The molecule has 0 N–H and O–H groups in total. The maximum atomic E-state index is 6.18. The van der Waals surface area contributed by atoms with Gasteiger partial charge in [0.05, 0.1) is 5.71 Å². The van der Waals surface area contributed by atoms with Gasteiger partial charge in [-0.2, -0.15) is 0 Å². The Kier molecular flexibility index (Phi) is 6.47. The molecule has 0 spiro atoms. The van der Waals surface area contributed by atoms with Crippen LogP contribution >= 0.6 is 0 Å². The van der Waals surface area contributed by atoms with E-state index >= 15 is 0 Å². The summed E-state index contributed by atoms with van der Waals surface area (Å²) in [6.45, 7) is 12.4. The molecule has 22 heavy (non-hydrogen) atoms. The second-order valence-electron chi connectivity index (χ2n) is 5.74. The molecule has 0 bridgehead atoms. The van der Waals surface area contributed by atoms with Gasteiger partial charge in [0.1, 0.15) is 30.8 Å². The predicted molar refractivity (Wildman–Crippen MR) is 91.1 cm³/mol. The van der Waals surface area contributed by atoms with Crippen molar-refractivity contribution in [2.45, 2.75) is 47.1 Å². The van der Waals surface area contributed by atoms with Gasteiger partial charge in [-0.3, -0.25) is 0 Å². The lowest BCUT2D eigenvalue weighted by Gasteiger charge is -2.28. The summed E-state index contributed by atoms with van der Waals surface area (Å²) in [5, 5.41) is 3.98. The summed E-state index contributed by atoms with van der Waals surface area (Å²) in [6, 6.07) is 3.98. The summed E-state index contributed by atoms with van der Waals surface area (Å²) in [6.07, 6.45) is 3.94. The molecule has 0 aliphatic heterocycles. The third-order valence-corrected chi connectivity index (χ3v) is 3.47. The van der Waals surface area contributed by atoms with Gasteiger partial charge in [-0.1, -0.05) is 17.3 Å². The van der Waals surface area contributed by atoms with E-state index in [0.29, 0.717) is 6.61 Å². The first-order chi connectivity index (χ1) is 10.3. The van der Waals surface area contributed by atoms with Gasteiger partial charge < -0.3 is 14.3 Å². The van der Waals surface area contributed by atoms with Crippen LogP contribution in [0.5, 0.6) is 11.5 Å². The van der Waals surface area contributed by atoms with Gasteiger partial charge in [0.2, 0.25) is 0 Å². The third kappa shape index (κ3) is 4.79. The highest BCUT2D eigenvalue weighted by molar-refractivity contribution is 5.89. The number of aryl methyl sites for hydroxylation is 2. The van der Waals surface area contributed by atoms with E-state index in [1.165, 1.54) is 7.11 Å². The first-order valence-corrected chi connectivity index (χ1v) is 7.44. The largest absolute Gasteiger partial charge is 0.490 e. The van der Waals surface area contributed by atoms with Gasteiger partial charge in [0.25, 0.3) is 0 Å². The molecule has 0 heterocycles. The quantitative estimate of drug-likeness (QED) is 0.425. The second kappa shape index (κ2) is 7.87. The summed E-state index contributed by atoms with van der Waals surface area (Å²) in [5.41, 5.74) is 2.31. The molecule has 0 unspecified atom stereocenters. The lowest BCUT2D eigenvalue weighted by Crippen LogP contribution is -2.37. The lowest BCUT2D eigenvalue weighted by molar-refractivity contribution is 0.160. The highest BCUT2D eigenvalue weighted by Gasteiger charge is 2.26. The Bertz CT molecular complexity index is 536. The van der Waals surface area contributed by atoms with Crippen LogP contribution < -0.4 is 9.47 Å². The molecular weight excluding hydrogens is 278 g/mol. The number of ether oxygens (including phenoxy) is 2. The van der Waals surface area contributed by atoms with Crippen molar-refractivity contribution < 1.29 is 14.3 Å². The molecule has 1 aromatic rings. The van der Waals surface area contributed by atoms with Crippen molar-refractivity contribution in [2.75, 3.05) is 13.7 Å². The Labute approximate surface area is 133 Å². The second-order valence-corrected chi connectivity index (χ2v) is 5.74. The number of benzene rings is 1. The summed E-state index contributed by atoms with van der Waals surface area (Å²) in [4.78, 5) is 4.84. The summed E-state index contributed by atoms with van der Waals surface area (Å²) in [5.74, 6) is 1.70. The van der Waals surface area contributed by atoms with Crippen molar-refractivity contribution in [1.29, 1.82) is 0 Å². The molecule has 0 saturated heterocycles. The lowest BCUT2D eigenvalue weighted by atomic mass is 10.0. The van der Waals surface area contributed by atoms with Gasteiger partial charge in [-0.25, -0.2) is 0 Å². The highest BCUT2D eigenvalue weighted by Crippen LogP contribution is 2.31. The minimum Gasteiger partial charge on any atom is -0.490 e. The molecule has 1 aromatic carbocycles. The van der Waals surface area contributed by atoms with Crippen molar-refractivity contribution in [2.24, 2.45) is 5.16 Å². The number of hydrogen-bond donors (Lipinski definition) is 0. The molecule has 0 atom stereocenters. The van der Waals surface area contributed by atoms with E-state index in [-0.39, 0.29) is 0 Å². The zero-order valence-electron chi connectivity index (χ0n) is 14.7. The zero-order chi connectivity index (χ0) is 16.8. The Morgan fingerprint density at radius 3 is 2.32 bits per heavy atom. The average Bonchev–Trinajstić information content (AvgIpc) is 2.43. The van der Waals surface area contributed by atoms with Crippen molar-refractivity contribution in [1.82, 2.24) is 0 Å². The summed E-state index contributed by atoms with van der Waals surface area (Å²) >= 11 is 0. The van der Waals surface area contributed by atoms with Crippen LogP contribution in [0.25, 0.3) is 0 Å². The number of oxime groups is 1. The predicted octanol–water partition coefficient (Wildman–Crippen LogP) is 4.44. The maximum Gasteiger partial charge on any atom is 0.144 e. The molecule has 0 saturated carbocycles. The monoisotopic (exact) mass is 305 g/mol. The fourth-order valence-corrected chi connectivity index (χ4v) is 1.97. The average molecular weight is 305 g/mol. The molecule has 0 aliphatic rings. The number of rotatable bonds is 7. The van der Waals surface area contributed by atoms with Crippen molar-refractivity contribution in [3.8, 4) is 11.5 Å². The topological polar surface area (TPSA) is 40.0 Å². The Hall–Kier alpha value is -1.97. The Morgan fingerprint density at radius 2 is 1.82 bits per heavy atom. The smallest absolute Gasteiger partial charge is 0.144 e. The van der Waals surface area contributed by atoms with E-state index < -0.39 is 5.60 Å². The van der Waals surface area contributed by atoms with Crippen LogP contribution in [0.4, 0.5) is 0 Å². The fourth-order valence-electron chi connectivity index (χ4n) is 1.97. The van der Waals surface area contributed by atoms with E-state index in [2.05, 4.69) is 5.16 Å². The minimum atomic E-state index is -0.543. The third-order valence-electron chi connectivity index (χ3n) is 3.47. The van der Waals surface area contributed by atoms with Gasteiger partial charge in [-0.15, -0.1) is 0 Å². The fraction of sp³-hybridized carbons (Fsp3) is 0.500. The van der Waals surface area contributed by atoms with E-state index in [9.17, 15) is 0 Å². The van der Waals surface area contributed by atoms with Crippen molar-refractivity contribution in [3.05, 3.63) is 35.4 Å². The van der Waals surface area contributed by atoms with Crippen LogP contribution in [-0.2, 0) is 4.84 Å². The SMILES string of the molecule is C/C=C/COc1cc(C)c(OC(C)(C)/C(C)=N/OC)c(C)c1. The number of nitrogens with zero attached hydrogens (tertiary/aromatic N) is 1. The molecule has 0 aliphatic carbocycles. The first kappa shape index (κ1) is 18.1. The Balaban J connectivity index is 2.99. The van der Waals surface area contributed by atoms with Crippen LogP contribution in [-0.4, -0.2) is 25.0 Å².